The molecule has 1 atom stereocenters. The van der Waals surface area contributed by atoms with Gasteiger partial charge in [0, 0.05) is 13.5 Å². The van der Waals surface area contributed by atoms with Crippen molar-refractivity contribution in [1.82, 2.24) is 9.78 Å². The van der Waals surface area contributed by atoms with Crippen LogP contribution in [0, 0.1) is 0 Å². The Morgan fingerprint density at radius 3 is 2.44 bits per heavy atom. The molecule has 1 aromatic rings. The Kier molecular flexibility index (Phi) is 4.15. The van der Waals surface area contributed by atoms with Crippen LogP contribution in [0.4, 0.5) is 0 Å². The van der Waals surface area contributed by atoms with Crippen molar-refractivity contribution >= 4 is 15.9 Å². The van der Waals surface area contributed by atoms with Crippen molar-refractivity contribution < 1.29 is 10.2 Å². The van der Waals surface area contributed by atoms with Crippen molar-refractivity contribution in [3.05, 3.63) is 15.9 Å². The van der Waals surface area contributed by atoms with Crippen molar-refractivity contribution in [1.29, 1.82) is 0 Å². The summed E-state index contributed by atoms with van der Waals surface area (Å²) in [5.74, 6) is 0. The van der Waals surface area contributed by atoms with E-state index in [1.165, 1.54) is 0 Å². The van der Waals surface area contributed by atoms with Gasteiger partial charge >= 0.3 is 0 Å². The Bertz CT molecular complexity index is 369. The second-order valence-corrected chi connectivity index (χ2v) is 5.45. The van der Waals surface area contributed by atoms with E-state index in [0.29, 0.717) is 5.69 Å². The first-order chi connectivity index (χ1) is 7.26. The fraction of sp³-hybridized carbons (Fsp3) is 0.727. The Hall–Kier alpha value is -0.390. The minimum absolute atomic E-state index is 0.270. The van der Waals surface area contributed by atoms with E-state index in [1.54, 1.807) is 18.5 Å². The molecule has 5 heteroatoms. The van der Waals surface area contributed by atoms with E-state index in [-0.39, 0.29) is 6.42 Å². The van der Waals surface area contributed by atoms with Crippen molar-refractivity contribution in [2.45, 2.75) is 45.3 Å². The number of hydrogen-bond donors (Lipinski definition) is 2. The van der Waals surface area contributed by atoms with Crippen LogP contribution < -0.4 is 0 Å². The first kappa shape index (κ1) is 13.7. The second kappa shape index (κ2) is 4.85. The molecular weight excluding hydrogens is 272 g/mol. The van der Waals surface area contributed by atoms with E-state index in [4.69, 9.17) is 0 Å². The smallest absolute Gasteiger partial charge is 0.106 e. The number of aliphatic hydroxyl groups is 2. The highest BCUT2D eigenvalue weighted by Gasteiger charge is 2.25. The highest BCUT2D eigenvalue weighted by atomic mass is 79.9. The summed E-state index contributed by atoms with van der Waals surface area (Å²) in [6.07, 6.45) is 0.367. The summed E-state index contributed by atoms with van der Waals surface area (Å²) in [4.78, 5) is 0. The lowest BCUT2D eigenvalue weighted by molar-refractivity contribution is 0.0160. The molecule has 0 spiro atoms. The Morgan fingerprint density at radius 2 is 2.06 bits per heavy atom. The molecule has 0 radical (unpaired) electrons. The molecule has 92 valence electrons. The second-order valence-electron chi connectivity index (χ2n) is 4.66. The van der Waals surface area contributed by atoms with Crippen LogP contribution in [0.15, 0.2) is 4.47 Å². The molecule has 0 saturated heterocycles. The zero-order valence-corrected chi connectivity index (χ0v) is 11.7. The zero-order valence-electron chi connectivity index (χ0n) is 10.2. The summed E-state index contributed by atoms with van der Waals surface area (Å²) in [6, 6.07) is 0. The van der Waals surface area contributed by atoms with Crippen LogP contribution in [-0.4, -0.2) is 25.6 Å². The van der Waals surface area contributed by atoms with Crippen LogP contribution in [0.3, 0.4) is 0 Å². The standard InChI is InChI=1S/C11H19BrN2O2/c1-5-7-9(12)10(13-14(7)4)8(15)6-11(2,3)16/h8,15-16H,5-6H2,1-4H3/t8-/m1/s1. The molecule has 0 aromatic carbocycles. The number of aliphatic hydroxyl groups excluding tert-OH is 1. The summed E-state index contributed by atoms with van der Waals surface area (Å²) in [7, 11) is 1.85. The van der Waals surface area contributed by atoms with Gasteiger partial charge < -0.3 is 10.2 Å². The van der Waals surface area contributed by atoms with Gasteiger partial charge in [0.2, 0.25) is 0 Å². The van der Waals surface area contributed by atoms with Crippen LogP contribution in [0.2, 0.25) is 0 Å². The first-order valence-corrected chi connectivity index (χ1v) is 6.17. The molecule has 2 N–H and O–H groups in total. The summed E-state index contributed by atoms with van der Waals surface area (Å²) in [5.41, 5.74) is 0.745. The summed E-state index contributed by atoms with van der Waals surface area (Å²) in [5, 5.41) is 23.9. The van der Waals surface area contributed by atoms with Gasteiger partial charge in [0.15, 0.2) is 0 Å². The third kappa shape index (κ3) is 3.06. The minimum Gasteiger partial charge on any atom is -0.390 e. The molecular formula is C11H19BrN2O2. The van der Waals surface area contributed by atoms with Crippen molar-refractivity contribution in [2.75, 3.05) is 0 Å². The van der Waals surface area contributed by atoms with Crippen LogP contribution in [0.25, 0.3) is 0 Å². The molecule has 4 nitrogen and oxygen atoms in total. The quantitative estimate of drug-likeness (QED) is 0.891. The van der Waals surface area contributed by atoms with Crippen LogP contribution in [0.5, 0.6) is 0 Å². The maximum absolute atomic E-state index is 10.0. The fourth-order valence-electron chi connectivity index (χ4n) is 1.72. The molecule has 0 unspecified atom stereocenters. The number of nitrogens with zero attached hydrogens (tertiary/aromatic N) is 2. The van der Waals surface area contributed by atoms with Gasteiger partial charge in [0.05, 0.1) is 15.8 Å². The average molecular weight is 291 g/mol. The summed E-state index contributed by atoms with van der Waals surface area (Å²) >= 11 is 3.45. The lowest BCUT2D eigenvalue weighted by atomic mass is 9.99. The van der Waals surface area contributed by atoms with Gasteiger partial charge in [-0.25, -0.2) is 0 Å². The predicted octanol–water partition coefficient (Wildman–Crippen LogP) is 1.94. The van der Waals surface area contributed by atoms with Crippen molar-refractivity contribution in [2.24, 2.45) is 7.05 Å². The Morgan fingerprint density at radius 1 is 1.50 bits per heavy atom. The highest BCUT2D eigenvalue weighted by molar-refractivity contribution is 9.10. The minimum atomic E-state index is -0.900. The molecule has 1 aromatic heterocycles. The molecule has 0 bridgehead atoms. The molecule has 0 saturated carbocycles. The molecule has 16 heavy (non-hydrogen) atoms. The lowest BCUT2D eigenvalue weighted by Crippen LogP contribution is -2.22. The van der Waals surface area contributed by atoms with Gasteiger partial charge in [-0.15, -0.1) is 0 Å². The maximum Gasteiger partial charge on any atom is 0.106 e. The Labute approximate surface area is 104 Å². The molecule has 0 aliphatic rings. The highest BCUT2D eigenvalue weighted by Crippen LogP contribution is 2.30. The predicted molar refractivity (Wildman–Crippen MR) is 66.2 cm³/mol. The van der Waals surface area contributed by atoms with E-state index in [2.05, 4.69) is 21.0 Å². The molecule has 1 heterocycles. The normalized spacial score (nSPS) is 14.2. The SMILES string of the molecule is CCc1c(Br)c([C@H](O)CC(C)(C)O)nn1C. The summed E-state index contributed by atoms with van der Waals surface area (Å²) < 4.78 is 2.60. The topological polar surface area (TPSA) is 58.3 Å². The van der Waals surface area contributed by atoms with Gasteiger partial charge in [-0.05, 0) is 36.2 Å². The van der Waals surface area contributed by atoms with Gasteiger partial charge in [-0.2, -0.15) is 5.10 Å². The maximum atomic E-state index is 10.0. The first-order valence-electron chi connectivity index (χ1n) is 5.38. The molecule has 0 fully saturated rings. The Balaban J connectivity index is 2.96. The van der Waals surface area contributed by atoms with Crippen LogP contribution in [0.1, 0.15) is 44.7 Å². The number of aryl methyl sites for hydroxylation is 1. The van der Waals surface area contributed by atoms with Crippen LogP contribution in [-0.2, 0) is 13.5 Å². The molecule has 0 aliphatic heterocycles. The van der Waals surface area contributed by atoms with Gasteiger partial charge in [-0.3, -0.25) is 4.68 Å². The zero-order chi connectivity index (χ0) is 12.5. The van der Waals surface area contributed by atoms with E-state index in [1.807, 2.05) is 14.0 Å². The largest absolute Gasteiger partial charge is 0.390 e. The third-order valence-electron chi connectivity index (χ3n) is 2.47. The molecule has 0 amide bonds. The van der Waals surface area contributed by atoms with E-state index in [0.717, 1.165) is 16.6 Å². The lowest BCUT2D eigenvalue weighted by Gasteiger charge is -2.20. The van der Waals surface area contributed by atoms with Crippen molar-refractivity contribution in [3.63, 3.8) is 0 Å². The van der Waals surface area contributed by atoms with E-state index in [9.17, 15) is 10.2 Å². The number of hydrogen-bond acceptors (Lipinski definition) is 3. The van der Waals surface area contributed by atoms with Gasteiger partial charge in [0.25, 0.3) is 0 Å². The van der Waals surface area contributed by atoms with E-state index >= 15 is 0 Å². The average Bonchev–Trinajstić information content (AvgIpc) is 2.38. The number of rotatable bonds is 4. The van der Waals surface area contributed by atoms with Crippen molar-refractivity contribution in [3.8, 4) is 0 Å². The number of aromatic nitrogens is 2. The third-order valence-corrected chi connectivity index (χ3v) is 3.33. The fourth-order valence-corrected chi connectivity index (χ4v) is 2.60. The number of halogens is 1. The monoisotopic (exact) mass is 290 g/mol. The summed E-state index contributed by atoms with van der Waals surface area (Å²) in [6.45, 7) is 5.38. The van der Waals surface area contributed by atoms with Gasteiger partial charge in [-0.1, -0.05) is 6.92 Å². The molecule has 1 rings (SSSR count). The van der Waals surface area contributed by atoms with Gasteiger partial charge in [0.1, 0.15) is 11.8 Å². The van der Waals surface area contributed by atoms with Crippen LogP contribution >= 0.6 is 15.9 Å². The van der Waals surface area contributed by atoms with E-state index < -0.39 is 11.7 Å². The molecule has 0 aliphatic carbocycles.